The molecular formula is C27H13F35O. The third kappa shape index (κ3) is 7.41. The van der Waals surface area contributed by atoms with E-state index in [-0.39, 0.29) is 20.8 Å². The minimum absolute atomic E-state index is 0.122. The van der Waals surface area contributed by atoms with Gasteiger partial charge in [0.2, 0.25) is 0 Å². The van der Waals surface area contributed by atoms with Crippen LogP contribution in [0.25, 0.3) is 0 Å². The van der Waals surface area contributed by atoms with Gasteiger partial charge >= 0.3 is 101 Å². The van der Waals surface area contributed by atoms with E-state index in [4.69, 9.17) is 0 Å². The second-order valence-corrected chi connectivity index (χ2v) is 13.5. The summed E-state index contributed by atoms with van der Waals surface area (Å²) >= 11 is 0. The molecule has 0 atom stereocenters. The molecule has 0 bridgehead atoms. The summed E-state index contributed by atoms with van der Waals surface area (Å²) in [4.78, 5) is 0. The molecule has 372 valence electrons. The zero-order valence-electron chi connectivity index (χ0n) is 28.9. The van der Waals surface area contributed by atoms with Crippen molar-refractivity contribution in [3.63, 3.8) is 0 Å². The van der Waals surface area contributed by atoms with Crippen molar-refractivity contribution < 1.29 is 158 Å². The molecule has 0 fully saturated rings. The normalized spacial score (nSPS) is 16.8. The Bertz CT molecular complexity index is 1770. The molecule has 0 radical (unpaired) electrons. The second-order valence-electron chi connectivity index (χ2n) is 13.5. The van der Waals surface area contributed by atoms with Crippen LogP contribution < -0.4 is 0 Å². The summed E-state index contributed by atoms with van der Waals surface area (Å²) in [6.45, 7) is -0.365. The lowest BCUT2D eigenvalue weighted by atomic mass is 9.79. The highest BCUT2D eigenvalue weighted by Gasteiger charge is 2.96. The first-order chi connectivity index (χ1) is 26.7. The summed E-state index contributed by atoms with van der Waals surface area (Å²) in [5.41, 5.74) is -10.6. The first-order valence-corrected chi connectivity index (χ1v) is 14.6. The van der Waals surface area contributed by atoms with E-state index in [1.807, 2.05) is 0 Å². The van der Waals surface area contributed by atoms with Crippen LogP contribution in [0.2, 0.25) is 0 Å². The van der Waals surface area contributed by atoms with Gasteiger partial charge in [0.25, 0.3) is 0 Å². The van der Waals surface area contributed by atoms with E-state index >= 15 is 0 Å². The highest BCUT2D eigenvalue weighted by Crippen LogP contribution is 2.67. The summed E-state index contributed by atoms with van der Waals surface area (Å²) in [6.07, 6.45) is -25.4. The van der Waals surface area contributed by atoms with Crippen LogP contribution in [-0.4, -0.2) is 89.5 Å². The summed E-state index contributed by atoms with van der Waals surface area (Å²) in [5, 5.41) is 0. The van der Waals surface area contributed by atoms with E-state index in [0.717, 1.165) is 4.74 Å². The lowest BCUT2D eigenvalue weighted by molar-refractivity contribution is -0.528. The molecule has 0 spiro atoms. The molecule has 0 aliphatic carbocycles. The van der Waals surface area contributed by atoms with Crippen molar-refractivity contribution in [3.8, 4) is 0 Å². The average Bonchev–Trinajstić information content (AvgIpc) is 3.05. The highest BCUT2D eigenvalue weighted by atomic mass is 19.4. The predicted molar refractivity (Wildman–Crippen MR) is 130 cm³/mol. The van der Waals surface area contributed by atoms with Crippen LogP contribution in [0, 0.1) is 5.41 Å². The minimum atomic E-state index is -9.67. The van der Waals surface area contributed by atoms with Crippen LogP contribution in [0.4, 0.5) is 154 Å². The lowest BCUT2D eigenvalue weighted by Gasteiger charge is -2.44. The molecule has 1 aromatic rings. The van der Waals surface area contributed by atoms with Crippen molar-refractivity contribution in [2.45, 2.75) is 122 Å². The number of alkyl halides is 35. The quantitative estimate of drug-likeness (QED) is 0.150. The van der Waals surface area contributed by atoms with Crippen molar-refractivity contribution in [1.82, 2.24) is 0 Å². The Balaban J connectivity index is 3.91. The molecule has 1 aromatic carbocycles. The van der Waals surface area contributed by atoms with Gasteiger partial charge in [-0.25, -0.2) is 0 Å². The third-order valence-corrected chi connectivity index (χ3v) is 8.25. The van der Waals surface area contributed by atoms with Gasteiger partial charge in [-0.1, -0.05) is 45.0 Å². The third-order valence-electron chi connectivity index (χ3n) is 8.25. The van der Waals surface area contributed by atoms with Crippen molar-refractivity contribution in [1.29, 1.82) is 0 Å². The predicted octanol–water partition coefficient (Wildman–Crippen LogP) is 14.3. The molecule has 0 N–H and O–H groups in total. The molecule has 0 amide bonds. The largest absolute Gasteiger partial charge is 0.458 e. The van der Waals surface area contributed by atoms with Gasteiger partial charge in [0.15, 0.2) is 0 Å². The zero-order valence-corrected chi connectivity index (χ0v) is 28.9. The van der Waals surface area contributed by atoms with Crippen molar-refractivity contribution in [2.75, 3.05) is 0 Å². The van der Waals surface area contributed by atoms with Crippen molar-refractivity contribution in [3.05, 3.63) is 35.4 Å². The van der Waals surface area contributed by atoms with Crippen molar-refractivity contribution >= 4 is 0 Å². The van der Waals surface area contributed by atoms with Gasteiger partial charge in [0.1, 0.15) is 0 Å². The van der Waals surface area contributed by atoms with Crippen LogP contribution in [0.5, 0.6) is 0 Å². The molecule has 0 saturated carbocycles. The van der Waals surface area contributed by atoms with Crippen LogP contribution in [-0.2, 0) is 16.6 Å². The number of hydrogen-bond donors (Lipinski definition) is 0. The molecule has 0 aliphatic rings. The molecule has 0 aromatic heterocycles. The maximum absolute atomic E-state index is 14.6. The van der Waals surface area contributed by atoms with Crippen LogP contribution in [0.1, 0.15) is 31.9 Å². The molecule has 36 heteroatoms. The lowest BCUT2D eigenvalue weighted by Crippen LogP contribution is -2.75. The van der Waals surface area contributed by atoms with E-state index < -0.39 is 142 Å². The standard InChI is InChI=1S/C27H13F35O/c1-10(2,3)13(32,33)16(38,39)19(44,45)17(40,41)14(34,35)11(28,29)8-4-6-9(7-5-8)12(30,31)15(36,37)18(42,43)20(46,47)21(48,49)22(50,51)23(52,53)27(61,62)63-24(54,25(55,56)57)26(58,59)60/h4-7H,1-3H3. The molecule has 0 saturated heterocycles. The van der Waals surface area contributed by atoms with Crippen LogP contribution in [0.15, 0.2) is 24.3 Å². The summed E-state index contributed by atoms with van der Waals surface area (Å²) in [5.74, 6) is -119. The zero-order chi connectivity index (χ0) is 51.7. The Hall–Kier alpha value is -3.27. The van der Waals surface area contributed by atoms with Gasteiger partial charge in [-0.05, 0) is 0 Å². The van der Waals surface area contributed by atoms with Gasteiger partial charge in [0.05, 0.1) is 0 Å². The topological polar surface area (TPSA) is 9.23 Å². The van der Waals surface area contributed by atoms with Gasteiger partial charge < -0.3 is 0 Å². The smallest absolute Gasteiger partial charge is 0.262 e. The fourth-order valence-corrected chi connectivity index (χ4v) is 4.20. The number of halogens is 35. The Morgan fingerprint density at radius 1 is 0.270 bits per heavy atom. The Labute approximate surface area is 322 Å². The van der Waals surface area contributed by atoms with Crippen LogP contribution in [0.3, 0.4) is 0 Å². The van der Waals surface area contributed by atoms with Gasteiger partial charge in [-0.3, -0.25) is 4.74 Å². The first-order valence-electron chi connectivity index (χ1n) is 14.6. The monoisotopic (exact) mass is 1020 g/mol. The van der Waals surface area contributed by atoms with Gasteiger partial charge in [0, 0.05) is 16.5 Å². The molecule has 1 nitrogen and oxygen atoms in total. The van der Waals surface area contributed by atoms with Crippen LogP contribution >= 0.6 is 0 Å². The average molecular weight is 1020 g/mol. The summed E-state index contributed by atoms with van der Waals surface area (Å²) in [6, 6.07) is -6.30. The number of benzene rings is 1. The molecule has 1 rings (SSSR count). The number of ether oxygens (including phenoxy) is 1. The van der Waals surface area contributed by atoms with E-state index in [2.05, 4.69) is 0 Å². The molecular weight excluding hydrogens is 1010 g/mol. The van der Waals surface area contributed by atoms with E-state index in [0.29, 0.717) is 0 Å². The van der Waals surface area contributed by atoms with Gasteiger partial charge in [-0.2, -0.15) is 154 Å². The molecule has 0 heterocycles. The van der Waals surface area contributed by atoms with Crippen molar-refractivity contribution in [2.24, 2.45) is 5.41 Å². The summed E-state index contributed by atoms with van der Waals surface area (Å²) in [7, 11) is 0. The number of hydrogen-bond acceptors (Lipinski definition) is 1. The SMILES string of the molecule is CC(C)(C)C(F)(F)C(F)(F)C(F)(F)C(F)(F)C(F)(F)C(F)(F)c1ccc(C(F)(F)C(F)(F)C(F)(F)C(F)(F)C(F)(F)C(F)(F)C(F)(F)C(F)(F)OC(F)(C(F)(F)F)C(F)(F)F)cc1. The number of rotatable bonds is 16. The Morgan fingerprint density at radius 3 is 0.667 bits per heavy atom. The molecule has 0 aliphatic heterocycles. The molecule has 0 unspecified atom stereocenters. The van der Waals surface area contributed by atoms with E-state index in [9.17, 15) is 154 Å². The fraction of sp³-hybridized carbons (Fsp3) is 0.778. The second kappa shape index (κ2) is 14.6. The molecule has 63 heavy (non-hydrogen) atoms. The summed E-state index contributed by atoms with van der Waals surface area (Å²) < 4.78 is 485. The maximum atomic E-state index is 14.6. The fourth-order valence-electron chi connectivity index (χ4n) is 4.20. The highest BCUT2D eigenvalue weighted by molar-refractivity contribution is 5.33. The van der Waals surface area contributed by atoms with Gasteiger partial charge in [-0.15, -0.1) is 0 Å². The van der Waals surface area contributed by atoms with E-state index in [1.165, 1.54) is 0 Å². The Kier molecular flexibility index (Phi) is 13.4. The maximum Gasteiger partial charge on any atom is 0.458 e. The Morgan fingerprint density at radius 2 is 0.460 bits per heavy atom. The minimum Gasteiger partial charge on any atom is -0.262 e. The van der Waals surface area contributed by atoms with E-state index in [1.54, 1.807) is 0 Å². The first kappa shape index (κ1) is 57.7.